The molecule has 2 aromatic rings. The number of fused-ring (bicyclic) bond motifs is 1. The lowest BCUT2D eigenvalue weighted by atomic mass is 10.2. The first-order chi connectivity index (χ1) is 9.86. The molecule has 0 amide bonds. The molecule has 1 N–H and O–H groups in total. The molecule has 1 aliphatic heterocycles. The number of anilines is 1. The van der Waals surface area contributed by atoms with E-state index in [1.54, 1.807) is 18.1 Å². The van der Waals surface area contributed by atoms with Gasteiger partial charge in [-0.1, -0.05) is 6.42 Å². The third kappa shape index (κ3) is 2.92. The Balaban J connectivity index is 1.81. The summed E-state index contributed by atoms with van der Waals surface area (Å²) in [5.41, 5.74) is 0. The number of aryl methyl sites for hydroxylation is 1. The summed E-state index contributed by atoms with van der Waals surface area (Å²) in [5, 5.41) is 13.6. The largest absolute Gasteiger partial charge is 0.370 e. The van der Waals surface area contributed by atoms with Gasteiger partial charge in [0.1, 0.15) is 23.0 Å². The van der Waals surface area contributed by atoms with Gasteiger partial charge >= 0.3 is 0 Å². The van der Waals surface area contributed by atoms with Crippen molar-refractivity contribution in [3.8, 4) is 0 Å². The lowest BCUT2D eigenvalue weighted by Gasteiger charge is -2.06. The Labute approximate surface area is 122 Å². The minimum absolute atomic E-state index is 0.848. The zero-order valence-corrected chi connectivity index (χ0v) is 12.4. The number of hydrogen-bond donors (Lipinski definition) is 1. The van der Waals surface area contributed by atoms with Gasteiger partial charge < -0.3 is 9.88 Å². The zero-order chi connectivity index (χ0) is 13.8. The van der Waals surface area contributed by atoms with Gasteiger partial charge in [0.05, 0.1) is 0 Å². The Kier molecular flexibility index (Phi) is 4.15. The molecular formula is C13H18N6S. The zero-order valence-electron chi connectivity index (χ0n) is 11.5. The van der Waals surface area contributed by atoms with E-state index in [9.17, 15) is 0 Å². The summed E-state index contributed by atoms with van der Waals surface area (Å²) in [6, 6.07) is 1.95. The summed E-state index contributed by atoms with van der Waals surface area (Å²) < 4.78 is 2.23. The lowest BCUT2D eigenvalue weighted by Crippen LogP contribution is -2.03. The molecule has 7 heteroatoms. The fourth-order valence-corrected chi connectivity index (χ4v) is 3.15. The summed E-state index contributed by atoms with van der Waals surface area (Å²) >= 11 is 1.56. The average molecular weight is 290 g/mol. The molecular weight excluding hydrogens is 272 g/mol. The number of aromatic nitrogens is 5. The molecule has 0 aliphatic carbocycles. The summed E-state index contributed by atoms with van der Waals surface area (Å²) in [7, 11) is 0. The highest BCUT2D eigenvalue weighted by atomic mass is 32.2. The highest BCUT2D eigenvalue weighted by Crippen LogP contribution is 2.27. The number of rotatable bonds is 4. The molecule has 0 aromatic carbocycles. The second-order valence-electron chi connectivity index (χ2n) is 4.73. The van der Waals surface area contributed by atoms with Gasteiger partial charge in [-0.05, 0) is 31.5 Å². The van der Waals surface area contributed by atoms with Gasteiger partial charge in [-0.15, -0.1) is 10.2 Å². The highest BCUT2D eigenvalue weighted by Gasteiger charge is 2.16. The number of hydrogen-bond acceptors (Lipinski definition) is 6. The first-order valence-corrected chi connectivity index (χ1v) is 7.84. The molecule has 1 aliphatic rings. The van der Waals surface area contributed by atoms with Crippen molar-refractivity contribution in [1.29, 1.82) is 0 Å². The van der Waals surface area contributed by atoms with Gasteiger partial charge in [-0.3, -0.25) is 0 Å². The highest BCUT2D eigenvalue weighted by molar-refractivity contribution is 7.99. The quantitative estimate of drug-likeness (QED) is 0.872. The summed E-state index contributed by atoms with van der Waals surface area (Å²) in [5.74, 6) is 1.95. The molecule has 0 bridgehead atoms. The van der Waals surface area contributed by atoms with E-state index >= 15 is 0 Å². The van der Waals surface area contributed by atoms with Crippen molar-refractivity contribution < 1.29 is 0 Å². The predicted molar refractivity (Wildman–Crippen MR) is 77.9 cm³/mol. The van der Waals surface area contributed by atoms with E-state index in [1.807, 2.05) is 13.0 Å². The van der Waals surface area contributed by atoms with Gasteiger partial charge in [0.2, 0.25) is 0 Å². The Hall–Kier alpha value is -1.63. The van der Waals surface area contributed by atoms with Crippen molar-refractivity contribution in [2.45, 2.75) is 49.3 Å². The van der Waals surface area contributed by atoms with Crippen LogP contribution in [0, 0.1) is 0 Å². The van der Waals surface area contributed by atoms with E-state index in [0.29, 0.717) is 0 Å². The first-order valence-electron chi connectivity index (χ1n) is 7.02. The molecule has 20 heavy (non-hydrogen) atoms. The van der Waals surface area contributed by atoms with Gasteiger partial charge in [-0.2, -0.15) is 0 Å². The molecule has 0 spiro atoms. The van der Waals surface area contributed by atoms with Crippen LogP contribution in [0.1, 0.15) is 32.0 Å². The van der Waals surface area contributed by atoms with Crippen LogP contribution in [-0.4, -0.2) is 31.3 Å². The van der Waals surface area contributed by atoms with Crippen LogP contribution in [0.5, 0.6) is 0 Å². The smallest absolute Gasteiger partial charge is 0.197 e. The van der Waals surface area contributed by atoms with Crippen molar-refractivity contribution in [1.82, 2.24) is 24.7 Å². The van der Waals surface area contributed by atoms with Crippen LogP contribution in [0.3, 0.4) is 0 Å². The molecule has 0 unspecified atom stereocenters. The third-order valence-corrected chi connectivity index (χ3v) is 4.19. The van der Waals surface area contributed by atoms with E-state index in [-0.39, 0.29) is 0 Å². The Morgan fingerprint density at radius 1 is 1.25 bits per heavy atom. The second-order valence-corrected chi connectivity index (χ2v) is 5.72. The summed E-state index contributed by atoms with van der Waals surface area (Å²) in [4.78, 5) is 8.48. The van der Waals surface area contributed by atoms with Gasteiger partial charge in [0.15, 0.2) is 5.16 Å². The van der Waals surface area contributed by atoms with Gasteiger partial charge in [0, 0.05) is 25.6 Å². The normalized spacial score (nSPS) is 14.7. The minimum Gasteiger partial charge on any atom is -0.370 e. The average Bonchev–Trinajstić information content (AvgIpc) is 2.69. The van der Waals surface area contributed by atoms with Crippen molar-refractivity contribution in [3.63, 3.8) is 0 Å². The summed E-state index contributed by atoms with van der Waals surface area (Å²) in [6.07, 6.45) is 6.29. The van der Waals surface area contributed by atoms with Crippen LogP contribution in [0.15, 0.2) is 22.6 Å². The maximum Gasteiger partial charge on any atom is 0.197 e. The minimum atomic E-state index is 0.848. The molecule has 3 rings (SSSR count). The monoisotopic (exact) mass is 290 g/mol. The first kappa shape index (κ1) is 13.4. The lowest BCUT2D eigenvalue weighted by molar-refractivity contribution is 0.590. The Morgan fingerprint density at radius 3 is 3.10 bits per heavy atom. The molecule has 0 fully saturated rings. The second kappa shape index (κ2) is 6.21. The fraction of sp³-hybridized carbons (Fsp3) is 0.538. The van der Waals surface area contributed by atoms with E-state index < -0.39 is 0 Å². The molecule has 0 radical (unpaired) electrons. The van der Waals surface area contributed by atoms with E-state index in [0.717, 1.165) is 41.3 Å². The van der Waals surface area contributed by atoms with Crippen LogP contribution >= 0.6 is 11.8 Å². The molecule has 0 atom stereocenters. The van der Waals surface area contributed by atoms with Crippen LogP contribution in [0.4, 0.5) is 5.82 Å². The Bertz CT molecular complexity index is 582. The number of nitrogens with zero attached hydrogens (tertiary/aromatic N) is 5. The van der Waals surface area contributed by atoms with Crippen molar-refractivity contribution in [2.75, 3.05) is 11.9 Å². The van der Waals surface area contributed by atoms with Crippen LogP contribution in [0.2, 0.25) is 0 Å². The van der Waals surface area contributed by atoms with Crippen LogP contribution < -0.4 is 5.32 Å². The fourth-order valence-electron chi connectivity index (χ4n) is 2.30. The van der Waals surface area contributed by atoms with Crippen molar-refractivity contribution in [3.05, 3.63) is 18.2 Å². The van der Waals surface area contributed by atoms with Crippen molar-refractivity contribution in [2.24, 2.45) is 0 Å². The molecule has 106 valence electrons. The van der Waals surface area contributed by atoms with Crippen molar-refractivity contribution >= 4 is 17.6 Å². The van der Waals surface area contributed by atoms with Crippen LogP contribution in [0.25, 0.3) is 0 Å². The van der Waals surface area contributed by atoms with E-state index in [4.69, 9.17) is 0 Å². The topological polar surface area (TPSA) is 68.5 Å². The molecule has 6 nitrogen and oxygen atoms in total. The maximum absolute atomic E-state index is 4.31. The van der Waals surface area contributed by atoms with E-state index in [2.05, 4.69) is 30.0 Å². The molecule has 0 saturated heterocycles. The van der Waals surface area contributed by atoms with Gasteiger partial charge in [0.25, 0.3) is 0 Å². The summed E-state index contributed by atoms with van der Waals surface area (Å²) in [6.45, 7) is 3.91. The SMILES string of the molecule is CCNc1cc(Sc2nnc3n2CCCCC3)ncn1. The molecule has 3 heterocycles. The van der Waals surface area contributed by atoms with Crippen LogP contribution in [-0.2, 0) is 13.0 Å². The number of nitrogens with one attached hydrogen (secondary N) is 1. The molecule has 0 saturated carbocycles. The van der Waals surface area contributed by atoms with E-state index in [1.165, 1.54) is 19.3 Å². The Morgan fingerprint density at radius 2 is 2.20 bits per heavy atom. The standard InChI is InChI=1S/C13H18N6S/c1-2-14-10-8-12(16-9-15-10)20-13-18-17-11-6-4-3-5-7-19(11)13/h8-9H,2-7H2,1H3,(H,14,15,16). The predicted octanol–water partition coefficient (Wildman–Crippen LogP) is 2.38. The maximum atomic E-state index is 4.31. The van der Waals surface area contributed by atoms with Gasteiger partial charge in [-0.25, -0.2) is 9.97 Å². The molecule has 2 aromatic heterocycles. The third-order valence-electron chi connectivity index (χ3n) is 3.27.